The maximum absolute atomic E-state index is 13.0. The number of carbonyl (C=O) groups is 3. The van der Waals surface area contributed by atoms with E-state index in [1.165, 1.54) is 244 Å². The van der Waals surface area contributed by atoms with Crippen LogP contribution in [-0.2, 0) is 33.3 Å². The van der Waals surface area contributed by atoms with Gasteiger partial charge in [-0.15, -0.1) is 0 Å². The Morgan fingerprint density at radius 3 is 0.860 bits per heavy atom. The summed E-state index contributed by atoms with van der Waals surface area (Å²) in [4.78, 5) is 37.6. The van der Waals surface area contributed by atoms with Gasteiger partial charge in [-0.25, -0.2) is 0 Å². The van der Waals surface area contributed by atoms with E-state index in [2.05, 4.69) is 111 Å². The van der Waals surface area contributed by atoms with E-state index in [1.807, 2.05) is 21.1 Å². The van der Waals surface area contributed by atoms with E-state index >= 15 is 0 Å². The number of esters is 2. The van der Waals surface area contributed by atoms with Crippen molar-refractivity contribution in [1.82, 2.24) is 0 Å². The molecule has 0 heterocycles. The predicted octanol–water partition coefficient (Wildman–Crippen LogP) is 23.8. The van der Waals surface area contributed by atoms with Crippen molar-refractivity contribution >= 4 is 17.9 Å². The van der Waals surface area contributed by atoms with Crippen LogP contribution in [0.2, 0.25) is 0 Å². The van der Waals surface area contributed by atoms with Gasteiger partial charge in [-0.3, -0.25) is 9.59 Å². The Morgan fingerprint density at radius 2 is 0.581 bits per heavy atom. The fourth-order valence-electron chi connectivity index (χ4n) is 11.4. The first-order chi connectivity index (χ1) is 45.6. The van der Waals surface area contributed by atoms with Gasteiger partial charge in [-0.1, -0.05) is 355 Å². The second-order valence-electron chi connectivity index (χ2n) is 27.6. The number of carboxylic acid groups (broad SMARTS) is 1. The summed E-state index contributed by atoms with van der Waals surface area (Å²) in [5.74, 6) is -2.26. The Balaban J connectivity index is 3.98. The number of aliphatic carboxylic acids is 1. The summed E-state index contributed by atoms with van der Waals surface area (Å²) in [6.45, 7) is 4.57. The Labute approximate surface area is 575 Å². The molecule has 2 unspecified atom stereocenters. The second kappa shape index (κ2) is 74.0. The summed E-state index contributed by atoms with van der Waals surface area (Å²) < 4.78 is 22.9. The predicted molar refractivity (Wildman–Crippen MR) is 398 cm³/mol. The van der Waals surface area contributed by atoms with Crippen LogP contribution in [0.1, 0.15) is 361 Å². The number of carbonyl (C=O) groups excluding carboxylic acids is 3. The quantitative estimate of drug-likeness (QED) is 0.0195. The number of hydrogen-bond donors (Lipinski definition) is 0. The second-order valence-corrected chi connectivity index (χ2v) is 27.6. The van der Waals surface area contributed by atoms with Crippen LogP contribution in [0.4, 0.5) is 0 Å². The molecule has 9 heteroatoms. The molecule has 0 fully saturated rings. The van der Waals surface area contributed by atoms with Crippen LogP contribution in [0, 0.1) is 0 Å². The van der Waals surface area contributed by atoms with Crippen LogP contribution < -0.4 is 5.11 Å². The maximum Gasteiger partial charge on any atom is 0.306 e. The summed E-state index contributed by atoms with van der Waals surface area (Å²) in [5, 5.41) is 11.9. The van der Waals surface area contributed by atoms with Crippen molar-refractivity contribution in [3.05, 3.63) is 97.2 Å². The highest BCUT2D eigenvalue weighted by Gasteiger charge is 2.22. The topological polar surface area (TPSA) is 111 Å². The van der Waals surface area contributed by atoms with Gasteiger partial charge in [-0.05, 0) is 89.9 Å². The van der Waals surface area contributed by atoms with E-state index in [4.69, 9.17) is 18.9 Å². The van der Waals surface area contributed by atoms with Gasteiger partial charge < -0.3 is 33.3 Å². The molecule has 538 valence electrons. The zero-order valence-corrected chi connectivity index (χ0v) is 61.6. The van der Waals surface area contributed by atoms with Crippen molar-refractivity contribution in [3.63, 3.8) is 0 Å². The zero-order valence-electron chi connectivity index (χ0n) is 61.6. The number of rotatable bonds is 73. The third kappa shape index (κ3) is 75.5. The number of quaternary nitrogens is 1. The maximum atomic E-state index is 13.0. The number of hydrogen-bond acceptors (Lipinski definition) is 8. The number of allylic oxidation sites excluding steroid dienone is 16. The Morgan fingerprint density at radius 1 is 0.323 bits per heavy atom. The van der Waals surface area contributed by atoms with Gasteiger partial charge in [0.15, 0.2) is 12.4 Å². The minimum absolute atomic E-state index is 0.148. The molecule has 0 aromatic carbocycles. The SMILES string of the molecule is CC/C=C\C/C=C\C/C=C\C/C=C\CCCCCCCCCCCCCCCCCCCCCCCCCCCCC(=O)OC(COC(=O)CCCCCCCCCCCCCCCCCC/C=C\C/C=C\C/C=C\C/C=C\CC)COC(OCC[N+](C)(C)C)C(=O)[O-]. The first-order valence-electron chi connectivity index (χ1n) is 39.4. The van der Waals surface area contributed by atoms with Crippen molar-refractivity contribution in [2.75, 3.05) is 47.5 Å². The highest BCUT2D eigenvalue weighted by Crippen LogP contribution is 2.19. The highest BCUT2D eigenvalue weighted by molar-refractivity contribution is 5.70. The number of carboxylic acids is 1. The molecule has 2 atom stereocenters. The number of nitrogens with zero attached hydrogens (tertiary/aromatic N) is 1. The van der Waals surface area contributed by atoms with E-state index in [9.17, 15) is 19.5 Å². The average Bonchev–Trinajstić information content (AvgIpc) is 3.38. The average molecular weight is 1300 g/mol. The van der Waals surface area contributed by atoms with Gasteiger partial charge in [0.05, 0.1) is 40.3 Å². The summed E-state index contributed by atoms with van der Waals surface area (Å²) in [6, 6.07) is 0. The van der Waals surface area contributed by atoms with Gasteiger partial charge in [0.2, 0.25) is 0 Å². The molecular weight excluding hydrogens is 1150 g/mol. The monoisotopic (exact) mass is 1300 g/mol. The van der Waals surface area contributed by atoms with Crippen LogP contribution in [0.3, 0.4) is 0 Å². The molecule has 0 bridgehead atoms. The van der Waals surface area contributed by atoms with Crippen LogP contribution in [0.25, 0.3) is 0 Å². The lowest BCUT2D eigenvalue weighted by molar-refractivity contribution is -0.870. The molecule has 0 saturated carbocycles. The van der Waals surface area contributed by atoms with Crippen molar-refractivity contribution in [1.29, 1.82) is 0 Å². The van der Waals surface area contributed by atoms with E-state index in [0.717, 1.165) is 83.5 Å². The van der Waals surface area contributed by atoms with Gasteiger partial charge >= 0.3 is 11.9 Å². The normalized spacial score (nSPS) is 13.2. The molecule has 0 rings (SSSR count). The largest absolute Gasteiger partial charge is 0.545 e. The molecule has 0 aromatic heterocycles. The van der Waals surface area contributed by atoms with Crippen molar-refractivity contribution in [2.24, 2.45) is 0 Å². The van der Waals surface area contributed by atoms with Gasteiger partial charge in [0.25, 0.3) is 0 Å². The minimum Gasteiger partial charge on any atom is -0.545 e. The Bertz CT molecular complexity index is 1850. The van der Waals surface area contributed by atoms with Crippen LogP contribution in [0.5, 0.6) is 0 Å². The standard InChI is InChI=1S/C84H149NO8/c1-6-8-10-12-14-16-18-20-22-24-26-28-30-32-34-36-37-38-39-40-41-42-43-44-45-47-49-51-53-55-57-59-61-63-65-67-69-71-73-75-82(87)93-80(79-92-84(83(88)89)90-77-76-85(3,4)5)78-91-81(86)74-72-70-68-66-64-62-60-58-56-54-52-50-48-46-35-33-31-29-27-25-23-21-19-17-15-13-11-9-7-2/h8-11,14-17,20-23,26-29,80,84H,6-7,12-13,18-19,24-25,30-79H2,1-5H3/b10-8-,11-9-,16-14-,17-15-,22-20-,23-21-,28-26-,29-27-. The molecular formula is C84H149NO8. The van der Waals surface area contributed by atoms with E-state index in [0.29, 0.717) is 23.9 Å². The fourth-order valence-corrected chi connectivity index (χ4v) is 11.4. The van der Waals surface area contributed by atoms with E-state index in [1.54, 1.807) is 0 Å². The van der Waals surface area contributed by atoms with Crippen molar-refractivity contribution in [2.45, 2.75) is 373 Å². The number of unbranched alkanes of at least 4 members (excludes halogenated alkanes) is 42. The molecule has 0 amide bonds. The summed E-state index contributed by atoms with van der Waals surface area (Å²) in [5.41, 5.74) is 0. The Kier molecular flexibility index (Phi) is 71.0. The summed E-state index contributed by atoms with van der Waals surface area (Å²) in [7, 11) is 5.94. The summed E-state index contributed by atoms with van der Waals surface area (Å²) in [6.07, 6.45) is 99.6. The van der Waals surface area contributed by atoms with Crippen LogP contribution >= 0.6 is 0 Å². The first kappa shape index (κ1) is 89.2. The van der Waals surface area contributed by atoms with Gasteiger partial charge in [0.1, 0.15) is 13.2 Å². The molecule has 0 aromatic rings. The zero-order chi connectivity index (χ0) is 67.5. The molecule has 0 radical (unpaired) electrons. The molecule has 93 heavy (non-hydrogen) atoms. The minimum atomic E-state index is -1.62. The third-order valence-electron chi connectivity index (χ3n) is 17.3. The van der Waals surface area contributed by atoms with Gasteiger partial charge in [0, 0.05) is 12.8 Å². The van der Waals surface area contributed by atoms with E-state index in [-0.39, 0.29) is 32.2 Å². The smallest absolute Gasteiger partial charge is 0.306 e. The molecule has 0 aliphatic heterocycles. The molecule has 0 aliphatic rings. The molecule has 0 aliphatic carbocycles. The Hall–Kier alpha value is -3.79. The van der Waals surface area contributed by atoms with Gasteiger partial charge in [-0.2, -0.15) is 0 Å². The summed E-state index contributed by atoms with van der Waals surface area (Å²) >= 11 is 0. The number of likely N-dealkylation sites (N-methyl/N-ethyl adjacent to an activating group) is 1. The number of ether oxygens (including phenoxy) is 4. The molecule has 9 nitrogen and oxygen atoms in total. The third-order valence-corrected chi connectivity index (χ3v) is 17.3. The molecule has 0 spiro atoms. The van der Waals surface area contributed by atoms with Crippen LogP contribution in [-0.4, -0.2) is 82.3 Å². The lowest BCUT2D eigenvalue weighted by atomic mass is 10.0. The lowest BCUT2D eigenvalue weighted by Crippen LogP contribution is -2.44. The first-order valence-corrected chi connectivity index (χ1v) is 39.4. The lowest BCUT2D eigenvalue weighted by Gasteiger charge is -2.26. The van der Waals surface area contributed by atoms with Crippen molar-refractivity contribution < 1.29 is 42.9 Å². The molecule has 0 saturated heterocycles. The van der Waals surface area contributed by atoms with Crippen molar-refractivity contribution in [3.8, 4) is 0 Å². The van der Waals surface area contributed by atoms with Crippen LogP contribution in [0.15, 0.2) is 97.2 Å². The highest BCUT2D eigenvalue weighted by atomic mass is 16.7. The fraction of sp³-hybridized carbons (Fsp3) is 0.774. The molecule has 0 N–H and O–H groups in total. The van der Waals surface area contributed by atoms with E-state index < -0.39 is 24.3 Å².